The predicted molar refractivity (Wildman–Crippen MR) is 89.2 cm³/mol. The topological polar surface area (TPSA) is 27.7 Å². The second-order valence-electron chi connectivity index (χ2n) is 6.56. The Morgan fingerprint density at radius 1 is 0.792 bits per heavy atom. The van der Waals surface area contributed by atoms with Crippen LogP contribution in [0.4, 0.5) is 13.2 Å². The normalized spacial score (nSPS) is 12.7. The molecular weight excluding hydrogens is 337 g/mol. The van der Waals surface area contributed by atoms with Crippen LogP contribution in [-0.4, -0.2) is 27.1 Å². The maximum atomic E-state index is 13.4. The molecular formula is C17H27F3O3Si. The monoisotopic (exact) mass is 364 g/mol. The molecule has 1 aromatic rings. The standard InChI is InChI=1S/C17H27F3O3Si/c1-11(2)21-24(22-12(3)4,23-13(5)6)8-7-14-9-15(18)17(20)16(19)10-14/h9-13H,7-8H2,1-6H3. The van der Waals surface area contributed by atoms with Gasteiger partial charge in [-0.2, -0.15) is 0 Å². The molecule has 0 saturated heterocycles. The van der Waals surface area contributed by atoms with Gasteiger partial charge in [0.25, 0.3) is 0 Å². The minimum Gasteiger partial charge on any atom is -0.371 e. The largest absolute Gasteiger partial charge is 0.501 e. The van der Waals surface area contributed by atoms with E-state index >= 15 is 0 Å². The van der Waals surface area contributed by atoms with Crippen molar-refractivity contribution in [2.45, 2.75) is 72.3 Å². The number of hydrogen-bond donors (Lipinski definition) is 0. The van der Waals surface area contributed by atoms with Crippen LogP contribution in [0, 0.1) is 17.5 Å². The molecule has 7 heteroatoms. The van der Waals surface area contributed by atoms with Crippen molar-refractivity contribution in [1.29, 1.82) is 0 Å². The van der Waals surface area contributed by atoms with Gasteiger partial charge in [-0.25, -0.2) is 13.2 Å². The minimum atomic E-state index is -3.05. The molecule has 0 fully saturated rings. The average molecular weight is 364 g/mol. The zero-order chi connectivity index (χ0) is 18.5. The molecule has 0 aliphatic rings. The molecule has 24 heavy (non-hydrogen) atoms. The molecule has 0 radical (unpaired) electrons. The van der Waals surface area contributed by atoms with Crippen LogP contribution in [0.3, 0.4) is 0 Å². The fourth-order valence-electron chi connectivity index (χ4n) is 2.39. The molecule has 0 saturated carbocycles. The molecule has 0 spiro atoms. The van der Waals surface area contributed by atoms with Crippen molar-refractivity contribution < 1.29 is 26.4 Å². The van der Waals surface area contributed by atoms with Crippen molar-refractivity contribution in [3.05, 3.63) is 35.1 Å². The summed E-state index contributed by atoms with van der Waals surface area (Å²) < 4.78 is 57.9. The van der Waals surface area contributed by atoms with Crippen molar-refractivity contribution in [2.24, 2.45) is 0 Å². The summed E-state index contributed by atoms with van der Waals surface area (Å²) in [6.45, 7) is 11.3. The highest BCUT2D eigenvalue weighted by atomic mass is 28.4. The summed E-state index contributed by atoms with van der Waals surface area (Å²) in [5.74, 6) is -3.86. The van der Waals surface area contributed by atoms with Crippen molar-refractivity contribution >= 4 is 8.80 Å². The Hall–Kier alpha value is -0.893. The summed E-state index contributed by atoms with van der Waals surface area (Å²) >= 11 is 0. The zero-order valence-electron chi connectivity index (χ0n) is 15.2. The van der Waals surface area contributed by atoms with E-state index in [0.29, 0.717) is 11.6 Å². The van der Waals surface area contributed by atoms with Crippen LogP contribution in [0.25, 0.3) is 0 Å². The van der Waals surface area contributed by atoms with Crippen molar-refractivity contribution in [3.63, 3.8) is 0 Å². The number of rotatable bonds is 9. The molecule has 0 atom stereocenters. The molecule has 0 unspecified atom stereocenters. The second kappa shape index (κ2) is 8.99. The van der Waals surface area contributed by atoms with Gasteiger partial charge in [0, 0.05) is 24.4 Å². The van der Waals surface area contributed by atoms with E-state index in [1.807, 2.05) is 41.5 Å². The van der Waals surface area contributed by atoms with Gasteiger partial charge >= 0.3 is 8.80 Å². The van der Waals surface area contributed by atoms with Crippen LogP contribution in [-0.2, 0) is 19.7 Å². The number of hydrogen-bond acceptors (Lipinski definition) is 3. The van der Waals surface area contributed by atoms with Crippen LogP contribution < -0.4 is 0 Å². The van der Waals surface area contributed by atoms with E-state index in [-0.39, 0.29) is 24.7 Å². The van der Waals surface area contributed by atoms with Gasteiger partial charge in [0.15, 0.2) is 17.5 Å². The highest BCUT2D eigenvalue weighted by Gasteiger charge is 2.43. The van der Waals surface area contributed by atoms with Crippen LogP contribution >= 0.6 is 0 Å². The summed E-state index contributed by atoms with van der Waals surface area (Å²) in [6, 6.07) is 2.35. The third-order valence-corrected chi connectivity index (χ3v) is 6.36. The van der Waals surface area contributed by atoms with E-state index in [1.54, 1.807) is 0 Å². The van der Waals surface area contributed by atoms with Crippen LogP contribution in [0.5, 0.6) is 0 Å². The Kier molecular flexibility index (Phi) is 7.92. The quantitative estimate of drug-likeness (QED) is 0.463. The maximum absolute atomic E-state index is 13.4. The lowest BCUT2D eigenvalue weighted by Gasteiger charge is -2.34. The molecule has 0 amide bonds. The summed E-state index contributed by atoms with van der Waals surface area (Å²) in [5.41, 5.74) is 0.343. The Morgan fingerprint density at radius 3 is 1.50 bits per heavy atom. The summed E-state index contributed by atoms with van der Waals surface area (Å²) in [6.07, 6.45) is -0.0745. The van der Waals surface area contributed by atoms with Crippen molar-refractivity contribution in [3.8, 4) is 0 Å². The minimum absolute atomic E-state index is 0.115. The number of aryl methyl sites for hydroxylation is 1. The summed E-state index contributed by atoms with van der Waals surface area (Å²) in [5, 5.41) is 0. The molecule has 1 rings (SSSR count). The second-order valence-corrected chi connectivity index (χ2v) is 9.13. The molecule has 138 valence electrons. The highest BCUT2D eigenvalue weighted by molar-refractivity contribution is 6.60. The molecule has 0 heterocycles. The van der Waals surface area contributed by atoms with E-state index in [9.17, 15) is 13.2 Å². The van der Waals surface area contributed by atoms with Crippen molar-refractivity contribution in [1.82, 2.24) is 0 Å². The van der Waals surface area contributed by atoms with Gasteiger partial charge in [0.2, 0.25) is 0 Å². The average Bonchev–Trinajstić information content (AvgIpc) is 2.40. The number of halogens is 3. The van der Waals surface area contributed by atoms with Gasteiger partial charge in [-0.05, 0) is 65.7 Å². The third kappa shape index (κ3) is 6.55. The molecule has 0 N–H and O–H groups in total. The van der Waals surface area contributed by atoms with E-state index in [1.165, 1.54) is 0 Å². The molecule has 1 aromatic carbocycles. The first-order valence-electron chi connectivity index (χ1n) is 8.21. The smallest absolute Gasteiger partial charge is 0.371 e. The first-order chi connectivity index (χ1) is 11.0. The summed E-state index contributed by atoms with van der Waals surface area (Å²) in [4.78, 5) is 0. The Labute approximate surface area is 143 Å². The van der Waals surface area contributed by atoms with E-state index in [2.05, 4.69) is 0 Å². The SMILES string of the molecule is CC(C)O[Si](CCc1cc(F)c(F)c(F)c1)(OC(C)C)OC(C)C. The van der Waals surface area contributed by atoms with Crippen molar-refractivity contribution in [2.75, 3.05) is 0 Å². The molecule has 0 bridgehead atoms. The van der Waals surface area contributed by atoms with Gasteiger partial charge in [0.05, 0.1) is 0 Å². The Balaban J connectivity index is 3.01. The van der Waals surface area contributed by atoms with Crippen LogP contribution in [0.2, 0.25) is 6.04 Å². The van der Waals surface area contributed by atoms with E-state index in [4.69, 9.17) is 13.3 Å². The van der Waals surface area contributed by atoms with Crippen LogP contribution in [0.15, 0.2) is 12.1 Å². The molecule has 3 nitrogen and oxygen atoms in total. The Morgan fingerprint density at radius 2 is 1.17 bits per heavy atom. The first kappa shape index (κ1) is 21.2. The van der Waals surface area contributed by atoms with E-state index in [0.717, 1.165) is 12.1 Å². The summed E-state index contributed by atoms with van der Waals surface area (Å²) in [7, 11) is -3.05. The van der Waals surface area contributed by atoms with Gasteiger partial charge in [-0.3, -0.25) is 0 Å². The molecule has 0 aromatic heterocycles. The highest BCUT2D eigenvalue weighted by Crippen LogP contribution is 2.25. The molecule has 0 aliphatic heterocycles. The van der Waals surface area contributed by atoms with Crippen LogP contribution in [0.1, 0.15) is 47.1 Å². The maximum Gasteiger partial charge on any atom is 0.501 e. The lowest BCUT2D eigenvalue weighted by atomic mass is 10.1. The number of benzene rings is 1. The van der Waals surface area contributed by atoms with Gasteiger partial charge in [0.1, 0.15) is 0 Å². The molecule has 0 aliphatic carbocycles. The zero-order valence-corrected chi connectivity index (χ0v) is 16.2. The van der Waals surface area contributed by atoms with Gasteiger partial charge < -0.3 is 13.3 Å². The van der Waals surface area contributed by atoms with E-state index < -0.39 is 26.3 Å². The van der Waals surface area contributed by atoms with Gasteiger partial charge in [-0.15, -0.1) is 0 Å². The third-order valence-electron chi connectivity index (χ3n) is 3.01. The fourth-order valence-corrected chi connectivity index (χ4v) is 5.66. The predicted octanol–water partition coefficient (Wildman–Crippen LogP) is 4.86. The van der Waals surface area contributed by atoms with Gasteiger partial charge in [-0.1, -0.05) is 0 Å². The lowest BCUT2D eigenvalue weighted by Crippen LogP contribution is -2.51. The lowest BCUT2D eigenvalue weighted by molar-refractivity contribution is 0.00329. The first-order valence-corrected chi connectivity index (χ1v) is 10.1. The fraction of sp³-hybridized carbons (Fsp3) is 0.647. The Bertz CT molecular complexity index is 486.